The molecule has 0 spiro atoms. The Morgan fingerprint density at radius 2 is 1.72 bits per heavy atom. The lowest BCUT2D eigenvalue weighted by Gasteiger charge is -2.08. The van der Waals surface area contributed by atoms with Crippen LogP contribution in [-0.4, -0.2) is 24.6 Å². The fourth-order valence-corrected chi connectivity index (χ4v) is 3.78. The largest absolute Gasteiger partial charge is 0.497 e. The van der Waals surface area contributed by atoms with E-state index < -0.39 is 0 Å². The third-order valence-electron chi connectivity index (χ3n) is 5.21. The van der Waals surface area contributed by atoms with E-state index in [0.29, 0.717) is 17.1 Å². The summed E-state index contributed by atoms with van der Waals surface area (Å²) in [4.78, 5) is 12.7. The number of ether oxygens (including phenoxy) is 2. The lowest BCUT2D eigenvalue weighted by atomic mass is 10.1. The Labute approximate surface area is 170 Å². The number of fused-ring (bicyclic) bond motifs is 3. The number of hydrogen-bond acceptors (Lipinski definition) is 3. The van der Waals surface area contributed by atoms with Crippen molar-refractivity contribution in [3.8, 4) is 11.5 Å². The van der Waals surface area contributed by atoms with Crippen LogP contribution in [0.25, 0.3) is 27.9 Å². The number of benzene rings is 3. The summed E-state index contributed by atoms with van der Waals surface area (Å²) in [6.45, 7) is 3.07. The molecule has 1 aromatic heterocycles. The van der Waals surface area contributed by atoms with E-state index in [1.165, 1.54) is 21.8 Å². The van der Waals surface area contributed by atoms with Crippen LogP contribution in [0.3, 0.4) is 0 Å². The summed E-state index contributed by atoms with van der Waals surface area (Å²) < 4.78 is 12.9. The van der Waals surface area contributed by atoms with E-state index >= 15 is 0 Å². The highest BCUT2D eigenvalue weighted by Crippen LogP contribution is 2.30. The van der Waals surface area contributed by atoms with Crippen LogP contribution in [0.4, 0.5) is 0 Å². The summed E-state index contributed by atoms with van der Waals surface area (Å²) in [6.07, 6.45) is 3.44. The number of para-hydroxylation sites is 1. The average molecular weight is 385 g/mol. The molecular formula is C25H23NO3. The first-order chi connectivity index (χ1) is 14.2. The third kappa shape index (κ3) is 3.38. The summed E-state index contributed by atoms with van der Waals surface area (Å²) in [6, 6.07) is 19.9. The van der Waals surface area contributed by atoms with Crippen molar-refractivity contribution < 1.29 is 14.3 Å². The van der Waals surface area contributed by atoms with Crippen LogP contribution in [0.5, 0.6) is 11.5 Å². The molecule has 3 aromatic carbocycles. The minimum atomic E-state index is -0.111. The van der Waals surface area contributed by atoms with Crippen LogP contribution in [0.2, 0.25) is 0 Å². The second-order valence-corrected chi connectivity index (χ2v) is 6.80. The van der Waals surface area contributed by atoms with E-state index in [2.05, 4.69) is 47.9 Å². The van der Waals surface area contributed by atoms with E-state index in [1.54, 1.807) is 38.5 Å². The molecule has 0 aliphatic rings. The van der Waals surface area contributed by atoms with Gasteiger partial charge >= 0.3 is 0 Å². The van der Waals surface area contributed by atoms with Gasteiger partial charge in [-0.15, -0.1) is 0 Å². The zero-order chi connectivity index (χ0) is 20.4. The van der Waals surface area contributed by atoms with Crippen LogP contribution >= 0.6 is 0 Å². The monoisotopic (exact) mass is 385 g/mol. The molecule has 0 saturated carbocycles. The molecule has 1 heterocycles. The Bertz CT molecular complexity index is 1230. The second kappa shape index (κ2) is 7.84. The Hall–Kier alpha value is -3.53. The molecule has 4 aromatic rings. The number of nitrogens with zero attached hydrogens (tertiary/aromatic N) is 1. The van der Waals surface area contributed by atoms with Crippen molar-refractivity contribution in [2.24, 2.45) is 0 Å². The van der Waals surface area contributed by atoms with Crippen molar-refractivity contribution in [3.05, 3.63) is 77.9 Å². The topological polar surface area (TPSA) is 40.5 Å². The molecule has 0 N–H and O–H groups in total. The predicted molar refractivity (Wildman–Crippen MR) is 118 cm³/mol. The molecule has 0 fully saturated rings. The zero-order valence-electron chi connectivity index (χ0n) is 16.8. The normalized spacial score (nSPS) is 11.4. The first kappa shape index (κ1) is 18.8. The maximum absolute atomic E-state index is 12.7. The quantitative estimate of drug-likeness (QED) is 0.314. The highest BCUT2D eigenvalue weighted by molar-refractivity contribution is 6.10. The number of carbonyl (C=O) groups excluding carboxylic acids is 1. The van der Waals surface area contributed by atoms with Crippen LogP contribution in [0.15, 0.2) is 66.7 Å². The van der Waals surface area contributed by atoms with Gasteiger partial charge < -0.3 is 14.0 Å². The molecule has 0 unspecified atom stereocenters. The van der Waals surface area contributed by atoms with Crippen molar-refractivity contribution in [1.82, 2.24) is 4.57 Å². The van der Waals surface area contributed by atoms with E-state index in [1.807, 2.05) is 12.1 Å². The Morgan fingerprint density at radius 3 is 2.48 bits per heavy atom. The number of aromatic nitrogens is 1. The van der Waals surface area contributed by atoms with Crippen molar-refractivity contribution in [2.75, 3.05) is 14.2 Å². The highest BCUT2D eigenvalue weighted by Gasteiger charge is 2.12. The summed E-state index contributed by atoms with van der Waals surface area (Å²) in [7, 11) is 3.13. The van der Waals surface area contributed by atoms with Crippen LogP contribution < -0.4 is 9.47 Å². The van der Waals surface area contributed by atoms with Crippen molar-refractivity contribution in [2.45, 2.75) is 13.5 Å². The summed E-state index contributed by atoms with van der Waals surface area (Å²) >= 11 is 0. The van der Waals surface area contributed by atoms with Gasteiger partial charge in [0.25, 0.3) is 0 Å². The lowest BCUT2D eigenvalue weighted by Crippen LogP contribution is -1.99. The number of hydrogen-bond donors (Lipinski definition) is 0. The van der Waals surface area contributed by atoms with Crippen LogP contribution in [0, 0.1) is 0 Å². The minimum Gasteiger partial charge on any atom is -0.497 e. The lowest BCUT2D eigenvalue weighted by molar-refractivity contribution is 0.104. The number of aryl methyl sites for hydroxylation is 1. The molecular weight excluding hydrogens is 362 g/mol. The molecule has 0 saturated heterocycles. The molecule has 0 bridgehead atoms. The minimum absolute atomic E-state index is 0.111. The highest BCUT2D eigenvalue weighted by atomic mass is 16.5. The van der Waals surface area contributed by atoms with Gasteiger partial charge in [-0.05, 0) is 48.9 Å². The number of ketones is 1. The van der Waals surface area contributed by atoms with Crippen LogP contribution in [0.1, 0.15) is 22.8 Å². The zero-order valence-corrected chi connectivity index (χ0v) is 16.8. The van der Waals surface area contributed by atoms with E-state index in [4.69, 9.17) is 9.47 Å². The van der Waals surface area contributed by atoms with Gasteiger partial charge in [-0.1, -0.05) is 30.3 Å². The SMILES string of the molecule is CCn1c2ccccc2c2cc(C=CC(=O)c3ccc(OC)cc3OC)ccc21. The fourth-order valence-electron chi connectivity index (χ4n) is 3.78. The van der Waals surface area contributed by atoms with Gasteiger partial charge in [0.05, 0.1) is 19.8 Å². The number of carbonyl (C=O) groups is 1. The average Bonchev–Trinajstić information content (AvgIpc) is 3.09. The maximum atomic E-state index is 12.7. The molecule has 0 aliphatic heterocycles. The molecule has 0 atom stereocenters. The summed E-state index contributed by atoms with van der Waals surface area (Å²) in [5, 5.41) is 2.42. The molecule has 4 heteroatoms. The van der Waals surface area contributed by atoms with Crippen LogP contribution in [-0.2, 0) is 6.54 Å². The number of allylic oxidation sites excluding steroid dienone is 1. The van der Waals surface area contributed by atoms with Gasteiger partial charge in [0.15, 0.2) is 5.78 Å². The predicted octanol–water partition coefficient (Wildman–Crippen LogP) is 5.73. The van der Waals surface area contributed by atoms with Crippen molar-refractivity contribution in [3.63, 3.8) is 0 Å². The first-order valence-electron chi connectivity index (χ1n) is 9.61. The molecule has 0 radical (unpaired) electrons. The Kier molecular flexibility index (Phi) is 5.09. The molecule has 0 aliphatic carbocycles. The molecule has 0 amide bonds. The Morgan fingerprint density at radius 1 is 0.931 bits per heavy atom. The van der Waals surface area contributed by atoms with Gasteiger partial charge in [-0.3, -0.25) is 4.79 Å². The van der Waals surface area contributed by atoms with Gasteiger partial charge in [-0.25, -0.2) is 0 Å². The maximum Gasteiger partial charge on any atom is 0.189 e. The summed E-state index contributed by atoms with van der Waals surface area (Å²) in [5.74, 6) is 1.04. The Balaban J connectivity index is 1.70. The fraction of sp³-hybridized carbons (Fsp3) is 0.160. The summed E-state index contributed by atoms with van der Waals surface area (Å²) in [5.41, 5.74) is 3.92. The number of rotatable bonds is 6. The van der Waals surface area contributed by atoms with Gasteiger partial charge in [0, 0.05) is 34.4 Å². The van der Waals surface area contributed by atoms with Gasteiger partial charge in [-0.2, -0.15) is 0 Å². The molecule has 4 nitrogen and oxygen atoms in total. The van der Waals surface area contributed by atoms with Crippen molar-refractivity contribution in [1.29, 1.82) is 0 Å². The third-order valence-corrected chi connectivity index (χ3v) is 5.21. The smallest absolute Gasteiger partial charge is 0.189 e. The van der Waals surface area contributed by atoms with Gasteiger partial charge in [0.1, 0.15) is 11.5 Å². The first-order valence-corrected chi connectivity index (χ1v) is 9.61. The number of methoxy groups -OCH3 is 2. The van der Waals surface area contributed by atoms with E-state index in [0.717, 1.165) is 12.1 Å². The standard InChI is InChI=1S/C25H23NO3/c1-4-26-22-8-6-5-7-19(22)21-15-17(9-13-23(21)26)10-14-24(27)20-12-11-18(28-2)16-25(20)29-3/h5-16H,4H2,1-3H3. The van der Waals surface area contributed by atoms with Gasteiger partial charge in [0.2, 0.25) is 0 Å². The molecule has 29 heavy (non-hydrogen) atoms. The van der Waals surface area contributed by atoms with E-state index in [-0.39, 0.29) is 5.78 Å². The van der Waals surface area contributed by atoms with E-state index in [9.17, 15) is 4.79 Å². The second-order valence-electron chi connectivity index (χ2n) is 6.80. The molecule has 4 rings (SSSR count). The van der Waals surface area contributed by atoms with Crippen molar-refractivity contribution >= 4 is 33.7 Å². The molecule has 146 valence electrons.